The highest BCUT2D eigenvalue weighted by atomic mass is 16.5. The smallest absolute Gasteiger partial charge is 0.171 e. The Labute approximate surface area is 193 Å². The number of nitrogens with two attached hydrogens (primary N) is 1. The number of nitrogens with zero attached hydrogens (tertiary/aromatic N) is 3. The van der Waals surface area contributed by atoms with Crippen molar-refractivity contribution in [1.82, 2.24) is 19.9 Å². The van der Waals surface area contributed by atoms with E-state index in [1.165, 1.54) is 0 Å². The SMILES string of the molecule is CCN1CCC(Oc2c(N)ncc3[nH]c4ncc(-c5ccc(C(C)(C)O)cc5)cc4c23)CC1. The summed E-state index contributed by atoms with van der Waals surface area (Å²) in [6, 6.07) is 10.0. The number of aromatic nitrogens is 3. The van der Waals surface area contributed by atoms with Crippen LogP contribution in [0.4, 0.5) is 5.82 Å². The van der Waals surface area contributed by atoms with Crippen LogP contribution in [0.15, 0.2) is 42.7 Å². The van der Waals surface area contributed by atoms with Gasteiger partial charge < -0.3 is 25.5 Å². The van der Waals surface area contributed by atoms with Crippen LogP contribution in [0.3, 0.4) is 0 Å². The first kappa shape index (κ1) is 21.7. The molecule has 1 aliphatic rings. The topological polar surface area (TPSA) is 100 Å². The Kier molecular flexibility index (Phi) is 5.46. The summed E-state index contributed by atoms with van der Waals surface area (Å²) in [4.78, 5) is 14.8. The molecule has 0 bridgehead atoms. The van der Waals surface area contributed by atoms with E-state index >= 15 is 0 Å². The zero-order valence-corrected chi connectivity index (χ0v) is 19.4. The molecule has 7 nitrogen and oxygen atoms in total. The number of aromatic amines is 1. The second-order valence-corrected chi connectivity index (χ2v) is 9.39. The normalized spacial score (nSPS) is 16.0. The number of anilines is 1. The first-order valence-corrected chi connectivity index (χ1v) is 11.6. The van der Waals surface area contributed by atoms with Gasteiger partial charge in [0.15, 0.2) is 11.6 Å². The molecule has 0 unspecified atom stereocenters. The molecule has 3 aromatic heterocycles. The molecule has 0 spiro atoms. The van der Waals surface area contributed by atoms with E-state index in [1.54, 1.807) is 20.0 Å². The number of pyridine rings is 2. The molecule has 33 heavy (non-hydrogen) atoms. The minimum Gasteiger partial charge on any atom is -0.486 e. The number of hydrogen-bond donors (Lipinski definition) is 3. The second-order valence-electron chi connectivity index (χ2n) is 9.39. The molecule has 1 saturated heterocycles. The number of aliphatic hydroxyl groups is 1. The monoisotopic (exact) mass is 445 g/mol. The molecule has 0 atom stereocenters. The third-order valence-electron chi connectivity index (χ3n) is 6.66. The molecule has 5 rings (SSSR count). The van der Waals surface area contributed by atoms with Gasteiger partial charge in [-0.3, -0.25) is 0 Å². The maximum Gasteiger partial charge on any atom is 0.171 e. The number of fused-ring (bicyclic) bond motifs is 3. The highest BCUT2D eigenvalue weighted by molar-refractivity contribution is 6.11. The molecule has 0 radical (unpaired) electrons. The van der Waals surface area contributed by atoms with Crippen molar-refractivity contribution in [3.05, 3.63) is 48.3 Å². The fraction of sp³-hybridized carbons (Fsp3) is 0.385. The Balaban J connectivity index is 1.54. The zero-order valence-electron chi connectivity index (χ0n) is 19.4. The maximum atomic E-state index is 10.3. The van der Waals surface area contributed by atoms with Gasteiger partial charge in [0, 0.05) is 30.2 Å². The molecule has 4 heterocycles. The third-order valence-corrected chi connectivity index (χ3v) is 6.66. The van der Waals surface area contributed by atoms with Crippen molar-refractivity contribution in [1.29, 1.82) is 0 Å². The van der Waals surface area contributed by atoms with Crippen molar-refractivity contribution in [2.24, 2.45) is 0 Å². The summed E-state index contributed by atoms with van der Waals surface area (Å²) in [5, 5.41) is 12.1. The lowest BCUT2D eigenvalue weighted by molar-refractivity contribution is 0.0786. The predicted molar refractivity (Wildman–Crippen MR) is 132 cm³/mol. The van der Waals surface area contributed by atoms with Gasteiger partial charge in [-0.25, -0.2) is 9.97 Å². The third kappa shape index (κ3) is 4.14. The van der Waals surface area contributed by atoms with E-state index in [0.717, 1.165) is 71.1 Å². The van der Waals surface area contributed by atoms with Crippen LogP contribution in [-0.4, -0.2) is 50.7 Å². The van der Waals surface area contributed by atoms with Gasteiger partial charge in [-0.05, 0) is 50.4 Å². The maximum absolute atomic E-state index is 10.3. The van der Waals surface area contributed by atoms with Crippen LogP contribution in [-0.2, 0) is 5.60 Å². The zero-order chi connectivity index (χ0) is 23.2. The van der Waals surface area contributed by atoms with E-state index in [-0.39, 0.29) is 6.10 Å². The van der Waals surface area contributed by atoms with Gasteiger partial charge in [-0.15, -0.1) is 0 Å². The van der Waals surface area contributed by atoms with Crippen LogP contribution in [0.1, 0.15) is 39.2 Å². The van der Waals surface area contributed by atoms with E-state index in [2.05, 4.69) is 32.8 Å². The number of piperidine rings is 1. The molecule has 1 fully saturated rings. The van der Waals surface area contributed by atoms with Gasteiger partial charge >= 0.3 is 0 Å². The lowest BCUT2D eigenvalue weighted by atomic mass is 9.96. The van der Waals surface area contributed by atoms with Crippen LogP contribution in [0.2, 0.25) is 0 Å². The summed E-state index contributed by atoms with van der Waals surface area (Å²) in [5.74, 6) is 1.05. The summed E-state index contributed by atoms with van der Waals surface area (Å²) >= 11 is 0. The van der Waals surface area contributed by atoms with Crippen LogP contribution in [0, 0.1) is 0 Å². The van der Waals surface area contributed by atoms with E-state index in [1.807, 2.05) is 30.5 Å². The molecule has 1 aliphatic heterocycles. The Morgan fingerprint density at radius 2 is 1.85 bits per heavy atom. The largest absolute Gasteiger partial charge is 0.486 e. The van der Waals surface area contributed by atoms with Gasteiger partial charge in [0.05, 0.1) is 22.7 Å². The summed E-state index contributed by atoms with van der Waals surface area (Å²) in [7, 11) is 0. The molecule has 7 heteroatoms. The molecule has 0 amide bonds. The number of rotatable bonds is 5. The van der Waals surface area contributed by atoms with Crippen LogP contribution in [0.25, 0.3) is 33.1 Å². The molecular weight excluding hydrogens is 414 g/mol. The summed E-state index contributed by atoms with van der Waals surface area (Å²) < 4.78 is 6.47. The number of ether oxygens (including phenoxy) is 1. The first-order chi connectivity index (χ1) is 15.8. The quantitative estimate of drug-likeness (QED) is 0.420. The standard InChI is InChI=1S/C26H31N5O2/c1-4-31-11-9-19(10-12-31)33-23-22-20-13-17(16-5-7-18(8-6-16)26(2,3)32)14-29-25(20)30-21(22)15-28-24(23)27/h5-8,13-15,19,32H,4,9-12H2,1-3H3,(H2,27,28)(H,29,30). The minimum atomic E-state index is -0.873. The highest BCUT2D eigenvalue weighted by Gasteiger charge is 2.23. The van der Waals surface area contributed by atoms with Crippen molar-refractivity contribution in [2.75, 3.05) is 25.4 Å². The minimum absolute atomic E-state index is 0.123. The fourth-order valence-corrected chi connectivity index (χ4v) is 4.61. The van der Waals surface area contributed by atoms with Gasteiger partial charge in [-0.1, -0.05) is 31.2 Å². The van der Waals surface area contributed by atoms with Crippen LogP contribution >= 0.6 is 0 Å². The van der Waals surface area contributed by atoms with Crippen molar-refractivity contribution in [2.45, 2.75) is 45.3 Å². The van der Waals surface area contributed by atoms with E-state index in [0.29, 0.717) is 11.6 Å². The Bertz CT molecular complexity index is 1280. The lowest BCUT2D eigenvalue weighted by Crippen LogP contribution is -2.38. The number of H-pyrrole nitrogens is 1. The van der Waals surface area contributed by atoms with Crippen molar-refractivity contribution in [3.63, 3.8) is 0 Å². The van der Waals surface area contributed by atoms with Gasteiger partial charge in [0.2, 0.25) is 0 Å². The Hall–Kier alpha value is -3.16. The molecule has 1 aromatic carbocycles. The van der Waals surface area contributed by atoms with Crippen molar-refractivity contribution >= 4 is 27.8 Å². The Morgan fingerprint density at radius 3 is 2.52 bits per heavy atom. The van der Waals surface area contributed by atoms with Gasteiger partial charge in [0.25, 0.3) is 0 Å². The summed E-state index contributed by atoms with van der Waals surface area (Å²) in [6.07, 6.45) is 5.68. The second kappa shape index (κ2) is 8.32. The van der Waals surface area contributed by atoms with Crippen molar-refractivity contribution < 1.29 is 9.84 Å². The predicted octanol–water partition coefficient (Wildman–Crippen LogP) is 4.45. The summed E-state index contributed by atoms with van der Waals surface area (Å²) in [6.45, 7) is 8.90. The first-order valence-electron chi connectivity index (χ1n) is 11.6. The van der Waals surface area contributed by atoms with E-state index in [4.69, 9.17) is 10.5 Å². The molecular formula is C26H31N5O2. The van der Waals surface area contributed by atoms with Crippen LogP contribution in [0.5, 0.6) is 5.75 Å². The fourth-order valence-electron chi connectivity index (χ4n) is 4.61. The van der Waals surface area contributed by atoms with E-state index in [9.17, 15) is 5.11 Å². The number of likely N-dealkylation sites (tertiary alicyclic amines) is 1. The number of hydrogen-bond acceptors (Lipinski definition) is 6. The van der Waals surface area contributed by atoms with Gasteiger partial charge in [0.1, 0.15) is 11.8 Å². The molecule has 0 aliphatic carbocycles. The Morgan fingerprint density at radius 1 is 1.12 bits per heavy atom. The summed E-state index contributed by atoms with van der Waals surface area (Å²) in [5.41, 5.74) is 9.97. The average Bonchev–Trinajstić information content (AvgIpc) is 3.19. The molecule has 172 valence electrons. The molecule has 4 aromatic rings. The lowest BCUT2D eigenvalue weighted by Gasteiger charge is -2.31. The molecule has 0 saturated carbocycles. The number of nitrogens with one attached hydrogen (secondary N) is 1. The van der Waals surface area contributed by atoms with Crippen molar-refractivity contribution in [3.8, 4) is 16.9 Å². The van der Waals surface area contributed by atoms with Gasteiger partial charge in [-0.2, -0.15) is 0 Å². The number of nitrogen functional groups attached to an aromatic ring is 1. The van der Waals surface area contributed by atoms with Crippen LogP contribution < -0.4 is 10.5 Å². The highest BCUT2D eigenvalue weighted by Crippen LogP contribution is 2.38. The number of benzene rings is 1. The van der Waals surface area contributed by atoms with E-state index < -0.39 is 5.60 Å². The molecule has 4 N–H and O–H groups in total. The average molecular weight is 446 g/mol.